The van der Waals surface area contributed by atoms with E-state index < -0.39 is 0 Å². The van der Waals surface area contributed by atoms with Crippen molar-refractivity contribution < 1.29 is 0 Å². The van der Waals surface area contributed by atoms with Crippen LogP contribution >= 0.6 is 0 Å². The number of hydrazine groups is 1. The molecule has 0 aromatic carbocycles. The first-order valence-electron chi connectivity index (χ1n) is 8.79. The molecule has 3 rings (SSSR count). The summed E-state index contributed by atoms with van der Waals surface area (Å²) in [5.41, 5.74) is 7.59. The molecule has 7 nitrogen and oxygen atoms in total. The highest BCUT2D eigenvalue weighted by Gasteiger charge is 2.26. The summed E-state index contributed by atoms with van der Waals surface area (Å²) in [6.07, 6.45) is 10.1. The number of aromatic nitrogens is 2. The molecule has 0 fully saturated rings. The molecule has 1 aliphatic carbocycles. The molecule has 0 spiro atoms. The smallest absolute Gasteiger partial charge is 0.307 e. The molecule has 1 aliphatic heterocycles. The molecule has 138 valence electrons. The van der Waals surface area contributed by atoms with Gasteiger partial charge in [-0.15, -0.1) is 0 Å². The van der Waals surface area contributed by atoms with Crippen LogP contribution in [0, 0.1) is 11.8 Å². The van der Waals surface area contributed by atoms with Crippen LogP contribution < -0.4 is 22.1 Å². The first-order valence-corrected chi connectivity index (χ1v) is 8.79. The van der Waals surface area contributed by atoms with Crippen molar-refractivity contribution in [3.8, 4) is 0 Å². The maximum absolute atomic E-state index is 12.4. The minimum absolute atomic E-state index is 0.148. The van der Waals surface area contributed by atoms with Crippen molar-refractivity contribution >= 4 is 12.0 Å². The maximum Gasteiger partial charge on any atom is 0.332 e. The first kappa shape index (κ1) is 18.0. The fourth-order valence-electron chi connectivity index (χ4n) is 3.14. The van der Waals surface area contributed by atoms with Gasteiger partial charge in [0.2, 0.25) is 0 Å². The molecule has 26 heavy (non-hydrogen) atoms. The monoisotopic (exact) mass is 355 g/mol. The normalized spacial score (nSPS) is 22.7. The fraction of sp³-hybridized carbons (Fsp3) is 0.421. The fourth-order valence-corrected chi connectivity index (χ4v) is 3.14. The average molecular weight is 355 g/mol. The van der Waals surface area contributed by atoms with Crippen LogP contribution in [0.25, 0.3) is 0 Å². The lowest BCUT2D eigenvalue weighted by Gasteiger charge is -2.19. The molecule has 2 unspecified atom stereocenters. The van der Waals surface area contributed by atoms with Gasteiger partial charge < -0.3 is 5.43 Å². The van der Waals surface area contributed by atoms with Gasteiger partial charge in [0.15, 0.2) is 0 Å². The lowest BCUT2D eigenvalue weighted by Crippen LogP contribution is -2.40. The summed E-state index contributed by atoms with van der Waals surface area (Å²) in [4.78, 5) is 28.9. The van der Waals surface area contributed by atoms with Crippen molar-refractivity contribution in [3.63, 3.8) is 0 Å². The lowest BCUT2D eigenvalue weighted by atomic mass is 9.89. The molecule has 0 bridgehead atoms. The van der Waals surface area contributed by atoms with Crippen molar-refractivity contribution in [2.24, 2.45) is 23.9 Å². The third-order valence-electron chi connectivity index (χ3n) is 4.53. The van der Waals surface area contributed by atoms with E-state index in [9.17, 15) is 9.59 Å². The number of fused-ring (bicyclic) bond motifs is 1. The number of aliphatic imine (C=N–C) groups is 1. The zero-order valence-electron chi connectivity index (χ0n) is 15.6. The maximum atomic E-state index is 12.4. The molecule has 0 amide bonds. The van der Waals surface area contributed by atoms with Crippen LogP contribution in [0.15, 0.2) is 56.2 Å². The van der Waals surface area contributed by atoms with E-state index in [1.165, 1.54) is 18.7 Å². The second kappa shape index (κ2) is 7.19. The highest BCUT2D eigenvalue weighted by molar-refractivity contribution is 5.83. The Labute approximate surface area is 152 Å². The molecule has 2 aliphatic rings. The summed E-state index contributed by atoms with van der Waals surface area (Å²) in [7, 11) is 1.49. The van der Waals surface area contributed by atoms with Gasteiger partial charge in [-0.1, -0.05) is 37.6 Å². The SMILES string of the molecule is CC1=CC2C(=CNNc3cc(=O)n(C)c(=O)n3CC(C)C)C=NC2C=C1. The van der Waals surface area contributed by atoms with Crippen LogP contribution in [-0.4, -0.2) is 21.4 Å². The van der Waals surface area contributed by atoms with Crippen LogP contribution in [-0.2, 0) is 13.6 Å². The summed E-state index contributed by atoms with van der Waals surface area (Å²) in [6, 6.07) is 1.57. The Morgan fingerprint density at radius 1 is 1.35 bits per heavy atom. The van der Waals surface area contributed by atoms with E-state index in [1.807, 2.05) is 26.3 Å². The number of rotatable bonds is 5. The molecular weight excluding hydrogens is 330 g/mol. The largest absolute Gasteiger partial charge is 0.332 e. The summed E-state index contributed by atoms with van der Waals surface area (Å²) in [5, 5.41) is 0. The Balaban J connectivity index is 1.80. The molecule has 0 radical (unpaired) electrons. The lowest BCUT2D eigenvalue weighted by molar-refractivity contribution is 0.490. The van der Waals surface area contributed by atoms with E-state index >= 15 is 0 Å². The molecule has 0 saturated heterocycles. The van der Waals surface area contributed by atoms with Crippen LogP contribution in [0.4, 0.5) is 5.82 Å². The number of nitrogens with zero attached hydrogens (tertiary/aromatic N) is 3. The van der Waals surface area contributed by atoms with Crippen LogP contribution in [0.2, 0.25) is 0 Å². The molecule has 1 aromatic heterocycles. The molecular formula is C19H25N5O2. The zero-order valence-corrected chi connectivity index (χ0v) is 15.6. The Morgan fingerprint density at radius 3 is 2.85 bits per heavy atom. The molecule has 2 N–H and O–H groups in total. The third kappa shape index (κ3) is 3.56. The predicted octanol–water partition coefficient (Wildman–Crippen LogP) is 1.59. The van der Waals surface area contributed by atoms with Gasteiger partial charge in [-0.2, -0.15) is 0 Å². The highest BCUT2D eigenvalue weighted by Crippen LogP contribution is 2.29. The average Bonchev–Trinajstić information content (AvgIpc) is 2.98. The van der Waals surface area contributed by atoms with Crippen LogP contribution in [0.3, 0.4) is 0 Å². The zero-order chi connectivity index (χ0) is 18.8. The molecule has 0 saturated carbocycles. The van der Waals surface area contributed by atoms with Gasteiger partial charge in [0, 0.05) is 38.0 Å². The van der Waals surface area contributed by atoms with Gasteiger partial charge >= 0.3 is 5.69 Å². The van der Waals surface area contributed by atoms with Gasteiger partial charge in [0.25, 0.3) is 5.56 Å². The van der Waals surface area contributed by atoms with Crippen molar-refractivity contribution in [1.29, 1.82) is 0 Å². The standard InChI is InChI=1S/C19H25N5O2/c1-12(2)11-24-17(8-18(25)23(4)19(24)26)22-21-10-14-9-20-16-6-5-13(3)7-15(14)16/h5-10,12,15-16,21-22H,11H2,1-4H3. The second-order valence-corrected chi connectivity index (χ2v) is 7.19. The number of nitrogens with one attached hydrogen (secondary N) is 2. The Kier molecular flexibility index (Phi) is 4.97. The number of hydrogen-bond acceptors (Lipinski definition) is 5. The molecule has 1 aromatic rings. The van der Waals surface area contributed by atoms with E-state index in [2.05, 4.69) is 41.0 Å². The Hall–Kier alpha value is -2.83. The van der Waals surface area contributed by atoms with E-state index in [1.54, 1.807) is 4.57 Å². The van der Waals surface area contributed by atoms with E-state index in [0.717, 1.165) is 10.1 Å². The van der Waals surface area contributed by atoms with E-state index in [-0.39, 0.29) is 29.1 Å². The summed E-state index contributed by atoms with van der Waals surface area (Å²) in [6.45, 7) is 6.64. The highest BCUT2D eigenvalue weighted by atomic mass is 16.2. The topological polar surface area (TPSA) is 80.4 Å². The summed E-state index contributed by atoms with van der Waals surface area (Å²) < 4.78 is 2.68. The third-order valence-corrected chi connectivity index (χ3v) is 4.53. The summed E-state index contributed by atoms with van der Waals surface area (Å²) >= 11 is 0. The van der Waals surface area contributed by atoms with Crippen LogP contribution in [0.5, 0.6) is 0 Å². The summed E-state index contributed by atoms with van der Waals surface area (Å²) in [5.74, 6) is 0.940. The molecule has 2 heterocycles. The molecule has 7 heteroatoms. The van der Waals surface area contributed by atoms with Gasteiger partial charge in [-0.3, -0.25) is 24.3 Å². The van der Waals surface area contributed by atoms with Crippen molar-refractivity contribution in [1.82, 2.24) is 14.6 Å². The predicted molar refractivity (Wildman–Crippen MR) is 104 cm³/mol. The van der Waals surface area contributed by atoms with Crippen molar-refractivity contribution in [2.45, 2.75) is 33.4 Å². The number of hydrogen-bond donors (Lipinski definition) is 2. The number of allylic oxidation sites excluding steroid dienone is 2. The van der Waals surface area contributed by atoms with Crippen molar-refractivity contribution in [2.75, 3.05) is 5.43 Å². The molecule has 2 atom stereocenters. The van der Waals surface area contributed by atoms with Gasteiger partial charge in [-0.05, 0) is 18.4 Å². The Bertz CT molecular complexity index is 930. The quantitative estimate of drug-likeness (QED) is 0.786. The van der Waals surface area contributed by atoms with Gasteiger partial charge in [0.1, 0.15) is 5.82 Å². The van der Waals surface area contributed by atoms with Crippen molar-refractivity contribution in [3.05, 3.63) is 62.5 Å². The number of anilines is 1. The van der Waals surface area contributed by atoms with Crippen LogP contribution in [0.1, 0.15) is 20.8 Å². The van der Waals surface area contributed by atoms with Gasteiger partial charge in [-0.25, -0.2) is 4.79 Å². The minimum atomic E-state index is -0.342. The minimum Gasteiger partial charge on any atom is -0.307 e. The second-order valence-electron chi connectivity index (χ2n) is 7.19. The van der Waals surface area contributed by atoms with E-state index in [0.29, 0.717) is 12.4 Å². The Morgan fingerprint density at radius 2 is 2.12 bits per heavy atom. The first-order chi connectivity index (χ1) is 12.4. The van der Waals surface area contributed by atoms with E-state index in [4.69, 9.17) is 0 Å². The van der Waals surface area contributed by atoms with Gasteiger partial charge in [0.05, 0.1) is 6.04 Å².